The van der Waals surface area contributed by atoms with Crippen molar-refractivity contribution < 1.29 is 8.76 Å². The summed E-state index contributed by atoms with van der Waals surface area (Å²) in [6, 6.07) is 5.71. The highest BCUT2D eigenvalue weighted by Gasteiger charge is 2.32. The summed E-state index contributed by atoms with van der Waals surface area (Å²) < 4.78 is 24.3. The van der Waals surface area contributed by atoms with Crippen molar-refractivity contribution in [3.05, 3.63) is 23.8 Å². The van der Waals surface area contributed by atoms with Crippen molar-refractivity contribution in [3.8, 4) is 0 Å². The molecule has 0 bridgehead atoms. The Kier molecular flexibility index (Phi) is 4.30. The van der Waals surface area contributed by atoms with Crippen LogP contribution in [0.4, 0.5) is 11.4 Å². The molecule has 0 aliphatic carbocycles. The molecular weight excluding hydrogens is 272 g/mol. The van der Waals surface area contributed by atoms with Crippen LogP contribution in [0, 0.1) is 0 Å². The minimum Gasteiger partial charge on any atom is -0.755 e. The maximum atomic E-state index is 11.4. The minimum absolute atomic E-state index is 0.133. The molecule has 0 spiro atoms. The first-order valence-electron chi connectivity index (χ1n) is 6.95. The van der Waals surface area contributed by atoms with E-state index in [-0.39, 0.29) is 5.41 Å². The highest BCUT2D eigenvalue weighted by molar-refractivity contribution is 7.80. The fourth-order valence-corrected chi connectivity index (χ4v) is 2.95. The summed E-state index contributed by atoms with van der Waals surface area (Å²) in [4.78, 5) is 4.56. The zero-order valence-electron chi connectivity index (χ0n) is 12.5. The van der Waals surface area contributed by atoms with Crippen molar-refractivity contribution in [2.24, 2.45) is 4.99 Å². The molecule has 20 heavy (non-hydrogen) atoms. The van der Waals surface area contributed by atoms with Gasteiger partial charge in [-0.25, -0.2) is 0 Å². The molecule has 1 heterocycles. The predicted octanol–water partition coefficient (Wildman–Crippen LogP) is 3.47. The molecule has 110 valence electrons. The topological polar surface area (TPSA) is 55.7 Å². The number of hydrogen-bond donors (Lipinski definition) is 0. The Morgan fingerprint density at radius 2 is 2.10 bits per heavy atom. The highest BCUT2D eigenvalue weighted by Crippen LogP contribution is 2.41. The van der Waals surface area contributed by atoms with Gasteiger partial charge in [0.2, 0.25) is 0 Å². The molecule has 0 saturated heterocycles. The molecule has 0 saturated carbocycles. The van der Waals surface area contributed by atoms with Crippen LogP contribution in [-0.2, 0) is 16.7 Å². The van der Waals surface area contributed by atoms with E-state index in [9.17, 15) is 8.76 Å². The van der Waals surface area contributed by atoms with Gasteiger partial charge in [-0.3, -0.25) is 9.20 Å². The molecule has 1 atom stereocenters. The number of hydrogen-bond acceptors (Lipinski definition) is 3. The summed E-state index contributed by atoms with van der Waals surface area (Å²) in [5, 5.41) is 0. The molecule has 0 aromatic heterocycles. The van der Waals surface area contributed by atoms with Gasteiger partial charge in [-0.1, -0.05) is 27.2 Å². The summed E-state index contributed by atoms with van der Waals surface area (Å²) >= 11 is -2.24. The van der Waals surface area contributed by atoms with Gasteiger partial charge in [0.25, 0.3) is 0 Å². The van der Waals surface area contributed by atoms with Crippen LogP contribution in [0.5, 0.6) is 0 Å². The molecule has 4 nitrogen and oxygen atoms in total. The molecule has 0 fully saturated rings. The monoisotopic (exact) mass is 293 g/mol. The molecule has 0 N–H and O–H groups in total. The van der Waals surface area contributed by atoms with Crippen molar-refractivity contribution in [1.82, 2.24) is 0 Å². The van der Waals surface area contributed by atoms with Gasteiger partial charge >= 0.3 is 0 Å². The minimum atomic E-state index is -2.24. The normalized spacial score (nSPS) is 17.6. The lowest BCUT2D eigenvalue weighted by Crippen LogP contribution is -2.27. The maximum absolute atomic E-state index is 11.4. The van der Waals surface area contributed by atoms with Crippen LogP contribution in [0.15, 0.2) is 23.2 Å². The Morgan fingerprint density at radius 3 is 2.70 bits per heavy atom. The van der Waals surface area contributed by atoms with E-state index in [2.05, 4.69) is 25.8 Å². The average molecular weight is 293 g/mol. The second-order valence-corrected chi connectivity index (χ2v) is 6.57. The number of rotatable bonds is 5. The molecule has 1 unspecified atom stereocenters. The van der Waals surface area contributed by atoms with Gasteiger partial charge in [-0.2, -0.15) is 0 Å². The van der Waals surface area contributed by atoms with E-state index in [0.29, 0.717) is 6.54 Å². The van der Waals surface area contributed by atoms with Crippen molar-refractivity contribution >= 4 is 28.4 Å². The van der Waals surface area contributed by atoms with Gasteiger partial charge < -0.3 is 8.86 Å². The number of benzene rings is 1. The van der Waals surface area contributed by atoms with Gasteiger partial charge in [-0.05, 0) is 37.1 Å². The van der Waals surface area contributed by atoms with E-state index >= 15 is 0 Å². The number of nitrogens with zero attached hydrogens (tertiary/aromatic N) is 2. The first-order valence-corrected chi connectivity index (χ1v) is 7.98. The third-order valence-electron chi connectivity index (χ3n) is 4.03. The second kappa shape index (κ2) is 5.66. The third-order valence-corrected chi connectivity index (χ3v) is 4.78. The molecule has 1 aliphatic rings. The fraction of sp³-hybridized carbons (Fsp3) is 0.533. The molecule has 0 amide bonds. The lowest BCUT2D eigenvalue weighted by Gasteiger charge is -2.28. The largest absolute Gasteiger partial charge is 0.755 e. The van der Waals surface area contributed by atoms with Crippen LogP contribution in [-0.4, -0.2) is 21.0 Å². The molecule has 1 aromatic carbocycles. The van der Waals surface area contributed by atoms with Gasteiger partial charge in [0.05, 0.1) is 5.69 Å². The van der Waals surface area contributed by atoms with Crippen molar-refractivity contribution in [2.45, 2.75) is 46.0 Å². The van der Waals surface area contributed by atoms with E-state index in [4.69, 9.17) is 0 Å². The Bertz CT molecular complexity index is 567. The molecule has 0 radical (unpaired) electrons. The summed E-state index contributed by atoms with van der Waals surface area (Å²) in [6.07, 6.45) is 1.82. The predicted molar refractivity (Wildman–Crippen MR) is 83.4 cm³/mol. The fourth-order valence-electron chi connectivity index (χ4n) is 2.38. The van der Waals surface area contributed by atoms with Gasteiger partial charge in [0.1, 0.15) is 0 Å². The standard InChI is InChI=1S/C15H22N2O2S/c1-5-6-9-17(20(18)19)12-7-8-14-13(10-12)15(3,4)11(2)16-14/h7-8,10H,5-6,9H2,1-4H3,(H,18,19)/p-1. The Balaban J connectivity index is 2.37. The number of fused-ring (bicyclic) bond motifs is 1. The quantitative estimate of drug-likeness (QED) is 0.780. The van der Waals surface area contributed by atoms with E-state index in [0.717, 1.165) is 35.5 Å². The smallest absolute Gasteiger partial charge is 0.0672 e. The van der Waals surface area contributed by atoms with Crippen LogP contribution in [0.2, 0.25) is 0 Å². The number of anilines is 1. The Hall–Kier alpha value is -1.20. The van der Waals surface area contributed by atoms with Gasteiger partial charge in [0.15, 0.2) is 0 Å². The molecule has 5 heteroatoms. The lowest BCUT2D eigenvalue weighted by molar-refractivity contribution is 0.530. The van der Waals surface area contributed by atoms with E-state index in [1.807, 2.05) is 25.1 Å². The van der Waals surface area contributed by atoms with Crippen LogP contribution < -0.4 is 4.31 Å². The zero-order valence-corrected chi connectivity index (χ0v) is 13.3. The van der Waals surface area contributed by atoms with Crippen LogP contribution >= 0.6 is 0 Å². The molecule has 1 aliphatic heterocycles. The summed E-state index contributed by atoms with van der Waals surface area (Å²) in [6.45, 7) is 8.82. The molecule has 2 rings (SSSR count). The second-order valence-electron chi connectivity index (χ2n) is 5.70. The van der Waals surface area contributed by atoms with Crippen LogP contribution in [0.1, 0.15) is 46.1 Å². The highest BCUT2D eigenvalue weighted by atomic mass is 32.2. The van der Waals surface area contributed by atoms with Crippen molar-refractivity contribution in [3.63, 3.8) is 0 Å². The number of unbranched alkanes of at least 4 members (excludes halogenated alkanes) is 1. The summed E-state index contributed by atoms with van der Waals surface area (Å²) in [5.74, 6) is 0. The van der Waals surface area contributed by atoms with Crippen LogP contribution in [0.3, 0.4) is 0 Å². The van der Waals surface area contributed by atoms with E-state index in [1.165, 1.54) is 4.31 Å². The van der Waals surface area contributed by atoms with Crippen molar-refractivity contribution in [1.29, 1.82) is 0 Å². The first-order chi connectivity index (χ1) is 9.37. The van der Waals surface area contributed by atoms with Crippen molar-refractivity contribution in [2.75, 3.05) is 10.8 Å². The van der Waals surface area contributed by atoms with Gasteiger partial charge in [0, 0.05) is 34.6 Å². The number of aliphatic imine (C=N–C) groups is 1. The Morgan fingerprint density at radius 1 is 1.40 bits per heavy atom. The third kappa shape index (κ3) is 2.65. The zero-order chi connectivity index (χ0) is 14.9. The SMILES string of the molecule is CCCCN(c1ccc2c(c1)C(C)(C)C(C)=N2)S(=O)[O-]. The molecule has 1 aromatic rings. The van der Waals surface area contributed by atoms with E-state index in [1.54, 1.807) is 0 Å². The van der Waals surface area contributed by atoms with Crippen LogP contribution in [0.25, 0.3) is 0 Å². The summed E-state index contributed by atoms with van der Waals surface area (Å²) in [7, 11) is 0. The first kappa shape index (κ1) is 15.2. The lowest BCUT2D eigenvalue weighted by atomic mass is 9.82. The maximum Gasteiger partial charge on any atom is 0.0672 e. The van der Waals surface area contributed by atoms with E-state index < -0.39 is 11.3 Å². The van der Waals surface area contributed by atoms with Gasteiger partial charge in [-0.15, -0.1) is 0 Å². The average Bonchev–Trinajstić information content (AvgIpc) is 2.61. The molecular formula is C15H21N2O2S-. The Labute approximate surface area is 123 Å². The summed E-state index contributed by atoms with van der Waals surface area (Å²) in [5.41, 5.74) is 3.70.